The maximum atomic E-state index is 12.8. The molecule has 0 aromatic heterocycles. The van der Waals surface area contributed by atoms with E-state index in [0.717, 1.165) is 22.2 Å². The SMILES string of the molecule is FC(F)(F)c1cccc(N2CCC(N=Cc3ccc(Br)cc3)=N2)c1. The third kappa shape index (κ3) is 4.03. The molecule has 0 unspecified atom stereocenters. The number of aliphatic imine (C=N–C) groups is 1. The van der Waals surface area contributed by atoms with Gasteiger partial charge in [-0.15, -0.1) is 0 Å². The molecule has 0 amide bonds. The van der Waals surface area contributed by atoms with Crippen molar-refractivity contribution in [2.75, 3.05) is 11.6 Å². The molecule has 0 aliphatic carbocycles. The standard InChI is InChI=1S/C17H13BrF3N3/c18-14-6-4-12(5-7-14)11-22-16-8-9-24(23-16)15-3-1-2-13(10-15)17(19,20)21/h1-7,10-11H,8-9H2. The van der Waals surface area contributed by atoms with Crippen molar-refractivity contribution in [3.05, 3.63) is 64.1 Å². The van der Waals surface area contributed by atoms with Gasteiger partial charge in [0.25, 0.3) is 0 Å². The molecule has 2 aromatic rings. The van der Waals surface area contributed by atoms with Gasteiger partial charge in [-0.05, 0) is 35.9 Å². The summed E-state index contributed by atoms with van der Waals surface area (Å²) in [5.74, 6) is 0.593. The topological polar surface area (TPSA) is 28.0 Å². The number of hydrogen-bond donors (Lipinski definition) is 0. The highest BCUT2D eigenvalue weighted by Gasteiger charge is 2.31. The maximum Gasteiger partial charge on any atom is 0.416 e. The highest BCUT2D eigenvalue weighted by molar-refractivity contribution is 9.10. The van der Waals surface area contributed by atoms with E-state index in [-0.39, 0.29) is 0 Å². The summed E-state index contributed by atoms with van der Waals surface area (Å²) in [5.41, 5.74) is 0.666. The lowest BCUT2D eigenvalue weighted by atomic mass is 10.2. The summed E-state index contributed by atoms with van der Waals surface area (Å²) in [4.78, 5) is 4.32. The minimum absolute atomic E-state index is 0.415. The zero-order chi connectivity index (χ0) is 17.2. The summed E-state index contributed by atoms with van der Waals surface area (Å²) < 4.78 is 39.3. The summed E-state index contributed by atoms with van der Waals surface area (Å²) in [5, 5.41) is 5.83. The number of benzene rings is 2. The zero-order valence-corrected chi connectivity index (χ0v) is 14.0. The van der Waals surface area contributed by atoms with Crippen LogP contribution < -0.4 is 5.01 Å². The van der Waals surface area contributed by atoms with Crippen LogP contribution >= 0.6 is 15.9 Å². The Hall–Kier alpha value is -2.15. The van der Waals surface area contributed by atoms with Crippen molar-refractivity contribution < 1.29 is 13.2 Å². The van der Waals surface area contributed by atoms with Gasteiger partial charge < -0.3 is 0 Å². The predicted octanol–water partition coefficient (Wildman–Crippen LogP) is 5.11. The molecule has 0 radical (unpaired) electrons. The number of hydrazone groups is 1. The first-order valence-corrected chi connectivity index (χ1v) is 8.03. The molecule has 7 heteroatoms. The Morgan fingerprint density at radius 3 is 2.58 bits per heavy atom. The van der Waals surface area contributed by atoms with Crippen molar-refractivity contribution >= 4 is 33.7 Å². The van der Waals surface area contributed by atoms with Gasteiger partial charge in [0.05, 0.1) is 11.3 Å². The molecule has 0 fully saturated rings. The number of anilines is 1. The van der Waals surface area contributed by atoms with Gasteiger partial charge in [0.2, 0.25) is 0 Å². The zero-order valence-electron chi connectivity index (χ0n) is 12.5. The lowest BCUT2D eigenvalue weighted by Crippen LogP contribution is -2.13. The Bertz CT molecular complexity index is 782. The van der Waals surface area contributed by atoms with E-state index in [1.807, 2.05) is 24.3 Å². The Balaban J connectivity index is 1.75. The van der Waals surface area contributed by atoms with E-state index in [0.29, 0.717) is 24.5 Å². The molecule has 0 saturated carbocycles. The van der Waals surface area contributed by atoms with Crippen LogP contribution in [0.1, 0.15) is 17.5 Å². The van der Waals surface area contributed by atoms with Gasteiger partial charge in [0.1, 0.15) is 0 Å². The van der Waals surface area contributed by atoms with E-state index >= 15 is 0 Å². The van der Waals surface area contributed by atoms with Crippen LogP contribution in [0.15, 0.2) is 63.1 Å². The van der Waals surface area contributed by atoms with E-state index in [1.165, 1.54) is 6.07 Å². The van der Waals surface area contributed by atoms with Crippen molar-refractivity contribution in [1.82, 2.24) is 0 Å². The van der Waals surface area contributed by atoms with E-state index in [2.05, 4.69) is 26.0 Å². The molecule has 3 nitrogen and oxygen atoms in total. The van der Waals surface area contributed by atoms with Crippen LogP contribution in [0.25, 0.3) is 0 Å². The molecule has 24 heavy (non-hydrogen) atoms. The van der Waals surface area contributed by atoms with Gasteiger partial charge >= 0.3 is 6.18 Å². The van der Waals surface area contributed by atoms with Crippen LogP contribution in [-0.2, 0) is 6.18 Å². The van der Waals surface area contributed by atoms with Gasteiger partial charge in [-0.3, -0.25) is 5.01 Å². The highest BCUT2D eigenvalue weighted by atomic mass is 79.9. The summed E-state index contributed by atoms with van der Waals surface area (Å²) in [6.45, 7) is 0.508. The van der Waals surface area contributed by atoms with E-state index < -0.39 is 11.7 Å². The fourth-order valence-electron chi connectivity index (χ4n) is 2.26. The van der Waals surface area contributed by atoms with E-state index in [1.54, 1.807) is 17.3 Å². The van der Waals surface area contributed by atoms with Gasteiger partial charge in [-0.25, -0.2) is 4.99 Å². The number of amidine groups is 1. The van der Waals surface area contributed by atoms with Crippen LogP contribution in [0.3, 0.4) is 0 Å². The molecule has 124 valence electrons. The third-order valence-electron chi connectivity index (χ3n) is 3.49. The van der Waals surface area contributed by atoms with Crippen LogP contribution in [0.4, 0.5) is 18.9 Å². The van der Waals surface area contributed by atoms with Crippen molar-refractivity contribution in [1.29, 1.82) is 0 Å². The van der Waals surface area contributed by atoms with Crippen LogP contribution in [-0.4, -0.2) is 18.6 Å². The van der Waals surface area contributed by atoms with Crippen molar-refractivity contribution in [3.8, 4) is 0 Å². The monoisotopic (exact) mass is 395 g/mol. The molecule has 0 bridgehead atoms. The molecule has 2 aromatic carbocycles. The van der Waals surface area contributed by atoms with Crippen LogP contribution in [0.5, 0.6) is 0 Å². The summed E-state index contributed by atoms with van der Waals surface area (Å²) >= 11 is 3.36. The van der Waals surface area contributed by atoms with Gasteiger partial charge in [-0.1, -0.05) is 34.1 Å². The summed E-state index contributed by atoms with van der Waals surface area (Å²) in [7, 11) is 0. The van der Waals surface area contributed by atoms with Crippen molar-refractivity contribution in [2.24, 2.45) is 10.1 Å². The molecule has 0 atom stereocenters. The smallest absolute Gasteiger partial charge is 0.263 e. The minimum Gasteiger partial charge on any atom is -0.263 e. The molecule has 1 aliphatic heterocycles. The lowest BCUT2D eigenvalue weighted by Gasteiger charge is -2.15. The molecular weight excluding hydrogens is 383 g/mol. The number of hydrogen-bond acceptors (Lipinski definition) is 3. The molecule has 0 saturated heterocycles. The van der Waals surface area contributed by atoms with Gasteiger partial charge in [0.15, 0.2) is 5.84 Å². The molecule has 3 rings (SSSR count). The second-order valence-electron chi connectivity index (χ2n) is 5.25. The summed E-state index contributed by atoms with van der Waals surface area (Å²) in [6, 6.07) is 12.8. The molecule has 0 N–H and O–H groups in total. The summed E-state index contributed by atoms with van der Waals surface area (Å²) in [6.07, 6.45) is -2.08. The van der Waals surface area contributed by atoms with E-state index in [4.69, 9.17) is 0 Å². The number of nitrogens with zero attached hydrogens (tertiary/aromatic N) is 3. The van der Waals surface area contributed by atoms with Gasteiger partial charge in [0, 0.05) is 23.7 Å². The molecule has 0 spiro atoms. The van der Waals surface area contributed by atoms with Crippen molar-refractivity contribution in [3.63, 3.8) is 0 Å². The first-order valence-electron chi connectivity index (χ1n) is 7.24. The third-order valence-corrected chi connectivity index (χ3v) is 4.02. The lowest BCUT2D eigenvalue weighted by molar-refractivity contribution is -0.137. The average Bonchev–Trinajstić information content (AvgIpc) is 3.03. The first kappa shape index (κ1) is 16.7. The second-order valence-corrected chi connectivity index (χ2v) is 6.16. The highest BCUT2D eigenvalue weighted by Crippen LogP contribution is 2.32. The van der Waals surface area contributed by atoms with Crippen LogP contribution in [0, 0.1) is 0 Å². The first-order chi connectivity index (χ1) is 11.4. The Morgan fingerprint density at radius 1 is 1.12 bits per heavy atom. The molecule has 1 heterocycles. The predicted molar refractivity (Wildman–Crippen MR) is 92.6 cm³/mol. The largest absolute Gasteiger partial charge is 0.416 e. The van der Waals surface area contributed by atoms with Gasteiger partial charge in [-0.2, -0.15) is 18.3 Å². The van der Waals surface area contributed by atoms with E-state index in [9.17, 15) is 13.2 Å². The molecule has 1 aliphatic rings. The van der Waals surface area contributed by atoms with Crippen molar-refractivity contribution in [2.45, 2.75) is 12.6 Å². The fraction of sp³-hybridized carbons (Fsp3) is 0.176. The fourth-order valence-corrected chi connectivity index (χ4v) is 2.53. The quantitative estimate of drug-likeness (QED) is 0.649. The number of rotatable bonds is 2. The second kappa shape index (κ2) is 6.76. The molecular formula is C17H13BrF3N3. The maximum absolute atomic E-state index is 12.8. The number of alkyl halides is 3. The van der Waals surface area contributed by atoms with Crippen LogP contribution in [0.2, 0.25) is 0 Å². The Labute approximate surface area is 145 Å². The minimum atomic E-state index is -4.36. The Kier molecular flexibility index (Phi) is 4.71. The number of halogens is 4. The normalized spacial score (nSPS) is 15.2. The average molecular weight is 396 g/mol. The Morgan fingerprint density at radius 2 is 1.88 bits per heavy atom.